The fourth-order valence-electron chi connectivity index (χ4n) is 12.4. The molecule has 3 aromatic carbocycles. The Morgan fingerprint density at radius 2 is 0.816 bits per heavy atom. The third kappa shape index (κ3) is 32.3. The van der Waals surface area contributed by atoms with Gasteiger partial charge in [0.2, 0.25) is 34.3 Å². The molecule has 53 heteroatoms. The summed E-state index contributed by atoms with van der Waals surface area (Å²) in [6, 6.07) is 26.9. The molecule has 49 nitrogen and oxygen atoms in total. The van der Waals surface area contributed by atoms with Crippen LogP contribution in [0, 0.1) is 33.8 Å². The van der Waals surface area contributed by atoms with Crippen LogP contribution in [0.25, 0.3) is 33.4 Å². The lowest BCUT2D eigenvalue weighted by Gasteiger charge is -2.23. The molecule has 7 aromatic heterocycles. The number of rotatable bonds is 34. The summed E-state index contributed by atoms with van der Waals surface area (Å²) in [5, 5.41) is 60.1. The normalized spacial score (nSPS) is 16.0. The van der Waals surface area contributed by atoms with Crippen molar-refractivity contribution in [3.8, 4) is 33.4 Å². The van der Waals surface area contributed by atoms with E-state index in [0.29, 0.717) is 113 Å². The van der Waals surface area contributed by atoms with Gasteiger partial charge in [-0.25, -0.2) is 79.3 Å². The second-order valence-electron chi connectivity index (χ2n) is 29.8. The molecule has 3 unspecified atom stereocenters. The Morgan fingerprint density at radius 1 is 0.493 bits per heavy atom. The van der Waals surface area contributed by atoms with Crippen molar-refractivity contribution < 1.29 is 116 Å². The molecule has 14 rings (SSSR count). The predicted molar refractivity (Wildman–Crippen MR) is 496 cm³/mol. The molecule has 136 heavy (non-hydrogen) atoms. The minimum Gasteiger partial charge on any atom is -0.447 e. The summed E-state index contributed by atoms with van der Waals surface area (Å²) in [5.41, 5.74) is 12.0. The van der Waals surface area contributed by atoms with Gasteiger partial charge in [-0.3, -0.25) is 39.3 Å². The first-order valence-electron chi connectivity index (χ1n) is 40.3. The number of benzene rings is 3. The summed E-state index contributed by atoms with van der Waals surface area (Å²) in [4.78, 5) is 147. The number of nitrogens with two attached hydrogens (primary N) is 1. The molecule has 0 spiro atoms. The predicted octanol–water partition coefficient (Wildman–Crippen LogP) is 15.1. The zero-order valence-electron chi connectivity index (χ0n) is 73.6. The van der Waals surface area contributed by atoms with E-state index in [4.69, 9.17) is 53.1 Å². The zero-order valence-corrected chi connectivity index (χ0v) is 78.1. The summed E-state index contributed by atoms with van der Waals surface area (Å²) in [7, 11) is -3.90. The number of nitrogens with one attached hydrogen (secondary N) is 4. The highest BCUT2D eigenvalue weighted by molar-refractivity contribution is 14.2. The Labute approximate surface area is 799 Å². The van der Waals surface area contributed by atoms with Crippen molar-refractivity contribution in [3.05, 3.63) is 217 Å². The average Bonchev–Trinajstić information content (AvgIpc) is 1.66. The molecule has 724 valence electrons. The molecule has 4 fully saturated rings. The van der Waals surface area contributed by atoms with Gasteiger partial charge in [0.15, 0.2) is 0 Å². The second-order valence-corrected chi connectivity index (χ2v) is 34.7. The average molecular weight is 2060 g/mol. The molecule has 10 aromatic rings. The van der Waals surface area contributed by atoms with Crippen LogP contribution in [0.3, 0.4) is 0 Å². The van der Waals surface area contributed by atoms with Crippen LogP contribution < -0.4 is 46.6 Å². The van der Waals surface area contributed by atoms with Gasteiger partial charge < -0.3 is 45.9 Å². The lowest BCUT2D eigenvalue weighted by atomic mass is 10.0. The molecule has 4 aliphatic heterocycles. The number of non-ortho nitro benzene ring substituents is 1. The summed E-state index contributed by atoms with van der Waals surface area (Å²) in [6.07, 6.45) is 17.2. The second kappa shape index (κ2) is 52.9. The van der Waals surface area contributed by atoms with E-state index in [9.17, 15) is 47.3 Å². The smallest absolute Gasteiger partial charge is 0.415 e. The van der Waals surface area contributed by atoms with Crippen LogP contribution >= 0.6 is 44.4 Å². The molecular weight excluding hydrogens is 1960 g/mol. The minimum absolute atomic E-state index is 0. The Hall–Kier alpha value is -13.7. The van der Waals surface area contributed by atoms with Crippen LogP contribution in [0.15, 0.2) is 184 Å². The van der Waals surface area contributed by atoms with Crippen molar-refractivity contribution in [2.75, 3.05) is 73.0 Å². The van der Waals surface area contributed by atoms with Gasteiger partial charge in [0.05, 0.1) is 47.2 Å². The first kappa shape index (κ1) is 108. The number of nitro benzene ring substituents is 1. The fraction of sp³-hybridized carbons (Fsp3) is 0.325. The highest BCUT2D eigenvalue weighted by Gasteiger charge is 2.41. The molecule has 0 radical (unpaired) electrons. The number of carbonyl (C=O) groups is 6. The first-order chi connectivity index (χ1) is 64.5. The van der Waals surface area contributed by atoms with Gasteiger partial charge in [0.1, 0.15) is 88.4 Å². The molecule has 7 atom stereocenters. The quantitative estimate of drug-likeness (QED) is 0.00208. The largest absolute Gasteiger partial charge is 0.447 e. The van der Waals surface area contributed by atoms with Gasteiger partial charge in [0.25, 0.3) is 5.69 Å². The fourth-order valence-corrected chi connectivity index (χ4v) is 12.8. The highest BCUT2D eigenvalue weighted by atomic mass is 127. The van der Waals surface area contributed by atoms with Gasteiger partial charge in [-0.05, 0) is 190 Å². The number of nitro groups is 1. The molecule has 11 heterocycles. The topological polar surface area (TPSA) is 597 Å². The molecule has 4 aliphatic rings. The van der Waals surface area contributed by atoms with E-state index in [1.807, 2.05) is 119 Å². The highest BCUT2D eigenvalue weighted by Crippen LogP contribution is 2.34. The van der Waals surface area contributed by atoms with Crippen molar-refractivity contribution in [1.29, 1.82) is 0 Å². The van der Waals surface area contributed by atoms with Crippen LogP contribution in [0.1, 0.15) is 119 Å². The van der Waals surface area contributed by atoms with Crippen LogP contribution in [0.4, 0.5) is 77.4 Å². The van der Waals surface area contributed by atoms with Gasteiger partial charge in [-0.2, -0.15) is 23.4 Å². The van der Waals surface area contributed by atoms with E-state index in [1.54, 1.807) is 113 Å². The Kier molecular flexibility index (Phi) is 41.8. The summed E-state index contributed by atoms with van der Waals surface area (Å²) in [6.45, 7) is 29.9. The molecule has 7 N–H and O–H groups in total. The van der Waals surface area contributed by atoms with Crippen molar-refractivity contribution in [2.45, 2.75) is 126 Å². The number of amides is 5. The number of nitrogens with zero attached hydrogens (tertiary/aromatic N) is 19. The van der Waals surface area contributed by atoms with Crippen molar-refractivity contribution in [1.82, 2.24) is 69.8 Å². The van der Waals surface area contributed by atoms with E-state index in [0.717, 1.165) is 49.5 Å². The van der Waals surface area contributed by atoms with Gasteiger partial charge in [-0.1, -0.05) is 117 Å². The molecule has 4 saturated heterocycles. The molecule has 0 aliphatic carbocycles. The number of allylic oxidation sites excluding steroid dienone is 1. The van der Waals surface area contributed by atoms with E-state index in [-0.39, 0.29) is 90.4 Å². The number of anilines is 9. The number of halogens is 3. The van der Waals surface area contributed by atoms with Crippen molar-refractivity contribution in [3.63, 3.8) is 0 Å². The number of nitrogen functional groups attached to an aromatic ring is 1. The SMILES string of the molecule is C.C=CC(=O)Cl.C=CC(=O)Nc1cccc(-c2cnc(C(C)Nc3nccc(N4C(=O)OC[C@@H]4C(C)C)n3)nc2)c1.CC(C)[C@H]1COC(=O)N1c1ccnc(Cl)n1.CC(Nc1nccc(N2C(=O)OC[C@@H]2C(C)C)n1)c1ncc(-c2cccc(N)c2)cn1.CC(Nc1nccc(N2C(=O)OC[C@@H]2C(C)C)n1)c1ncc(-c2cccc([N+](=O)[O-])c2)cn1.O=S(=O)(I)OOOOOOOOOOO. The number of ether oxygens (including phenoxy) is 4. The van der Waals surface area contributed by atoms with Crippen molar-refractivity contribution in [2.24, 2.45) is 23.7 Å². The van der Waals surface area contributed by atoms with E-state index >= 15 is 0 Å². The van der Waals surface area contributed by atoms with Gasteiger partial charge in [-0.15, -0.1) is 0 Å². The maximum absolute atomic E-state index is 12.3. The van der Waals surface area contributed by atoms with E-state index < -0.39 is 35.7 Å². The van der Waals surface area contributed by atoms with E-state index in [1.165, 1.54) is 29.3 Å². The lowest BCUT2D eigenvalue weighted by Crippen LogP contribution is -2.37. The van der Waals surface area contributed by atoms with Gasteiger partial charge in [0, 0.05) is 102 Å². The number of hydrogen-bond donors (Lipinski definition) is 6. The van der Waals surface area contributed by atoms with Gasteiger partial charge >= 0.3 is 31.7 Å². The Balaban J connectivity index is 0.000000213. The monoisotopic (exact) mass is 2060 g/mol. The van der Waals surface area contributed by atoms with Crippen LogP contribution in [-0.4, -0.2) is 174 Å². The first-order valence-corrected chi connectivity index (χ1v) is 45.1. The standard InChI is InChI=1S/C25H27N7O3.C22H23N7O4.C22H25N7O2.C10H12ClN3O2.C3H3ClO.CH4.HIO13S/c1-5-22(33)30-19-8-6-7-17(11-19)18-12-27-23(28-13-18)16(4)29-24-26-10-9-21(31-24)32-20(15(2)3)14-35-25(32)34;1-13(2)18-12-33-22(30)28(18)19-7-8-23-21(27-19)26-14(3)20-24-10-16(11-25-20)15-5-4-6-17(9-15)29(31)32;1-13(2)18-12-31-22(30)29(18)19-7-8-24-21(28-19)27-14(3)20-25-10-16(11-26-20)15-5-4-6-17(23)9-15;1-6(2)7-5-16-10(15)14(7)8-3-4-12-9(11)13-8;1-2-3(4)5;;1-15(3,4)14-13-12-11-10-9-8-7-6-5-2/h5-13,15-16,20H,1,14H2,2-4H3,(H,30,33)(H,26,29,31);4-11,13-14,18H,12H2,1-3H3,(H,23,26,27);4-11,13-14,18H,12,23H2,1-3H3,(H,24,27,28);3-4,6-7H,5H2,1-2H3;2H,1H2;1H4;2H/t16?,20-;2*14?,18-;7-;;;/m1111.../s1. The van der Waals surface area contributed by atoms with Crippen molar-refractivity contribution >= 4 is 145 Å². The maximum atomic E-state index is 12.3. The molecule has 0 saturated carbocycles. The number of hydrogen-bond acceptors (Lipinski definition) is 43. The summed E-state index contributed by atoms with van der Waals surface area (Å²) in [5.74, 6) is 5.34. The van der Waals surface area contributed by atoms with Crippen LogP contribution in [0.2, 0.25) is 5.28 Å². The molecule has 5 amide bonds. The Morgan fingerprint density at radius 3 is 1.14 bits per heavy atom. The summed E-state index contributed by atoms with van der Waals surface area (Å²) < 4.78 is 44.5. The molecule has 0 bridgehead atoms. The minimum atomic E-state index is -3.90. The van der Waals surface area contributed by atoms with Crippen LogP contribution in [0.5, 0.6) is 0 Å². The number of aromatic nitrogens is 14. The molecular formula is C83H95Cl2IN24O25S. The third-order valence-corrected chi connectivity index (χ3v) is 20.2. The summed E-state index contributed by atoms with van der Waals surface area (Å²) >= 11 is 11.3. The Bertz CT molecular complexity index is 5790. The zero-order chi connectivity index (χ0) is 98.0. The van der Waals surface area contributed by atoms with Crippen LogP contribution in [-0.2, 0) is 85.5 Å². The third-order valence-electron chi connectivity index (χ3n) is 19.2. The van der Waals surface area contributed by atoms with E-state index in [2.05, 4.69) is 154 Å². The maximum Gasteiger partial charge on any atom is 0.415 e. The lowest BCUT2D eigenvalue weighted by molar-refractivity contribution is -0.851. The number of cyclic esters (lactones) is 4. The number of carbonyl (C=O) groups excluding carboxylic acids is 6.